The molecule has 1 fully saturated rings. The molecule has 1 amide bonds. The van der Waals surface area contributed by atoms with Gasteiger partial charge in [0.15, 0.2) is 0 Å². The van der Waals surface area contributed by atoms with Crippen molar-refractivity contribution >= 4 is 11.6 Å². The van der Waals surface area contributed by atoms with Gasteiger partial charge in [0.2, 0.25) is 0 Å². The maximum atomic E-state index is 12.7. The lowest BCUT2D eigenvalue weighted by Crippen LogP contribution is -2.42. The van der Waals surface area contributed by atoms with E-state index >= 15 is 0 Å². The number of rotatable bonds is 3. The highest BCUT2D eigenvalue weighted by Crippen LogP contribution is 2.34. The summed E-state index contributed by atoms with van der Waals surface area (Å²) in [5.41, 5.74) is 8.35. The van der Waals surface area contributed by atoms with Crippen LogP contribution < -0.4 is 5.73 Å². The second-order valence-electron chi connectivity index (χ2n) is 6.14. The molecule has 5 heteroatoms. The lowest BCUT2D eigenvalue weighted by molar-refractivity contribution is 0.0591. The molecule has 0 bridgehead atoms. The monoisotopic (exact) mass is 278 g/mol. The number of aryl methyl sites for hydroxylation is 2. The number of hydrogen-bond acceptors (Lipinski definition) is 3. The Morgan fingerprint density at radius 2 is 1.95 bits per heavy atom. The fourth-order valence-electron chi connectivity index (χ4n) is 2.86. The molecule has 2 rings (SSSR count). The van der Waals surface area contributed by atoms with Gasteiger partial charge >= 0.3 is 0 Å². The van der Waals surface area contributed by atoms with Crippen molar-refractivity contribution in [3.8, 4) is 0 Å². The molecule has 0 atom stereocenters. The first kappa shape index (κ1) is 14.9. The minimum atomic E-state index is 0.0235. The van der Waals surface area contributed by atoms with Gasteiger partial charge in [-0.1, -0.05) is 27.2 Å². The topological polar surface area (TPSA) is 64.2 Å². The van der Waals surface area contributed by atoms with E-state index in [1.807, 2.05) is 11.8 Å². The van der Waals surface area contributed by atoms with Gasteiger partial charge in [0.1, 0.15) is 5.69 Å². The van der Waals surface area contributed by atoms with Crippen molar-refractivity contribution < 1.29 is 4.79 Å². The number of piperidine rings is 1. The number of carbonyl (C=O) groups excluding carboxylic acids is 1. The molecule has 20 heavy (non-hydrogen) atoms. The summed E-state index contributed by atoms with van der Waals surface area (Å²) in [7, 11) is 1.79. The molecule has 0 aliphatic carbocycles. The standard InChI is InChI=1S/C15H26N4O/c1-5-11-12(16)13(18(4)17-11)14(20)19-9-7-15(3,6-2)8-10-19/h5-10,16H2,1-4H3. The predicted molar refractivity (Wildman–Crippen MR) is 80.5 cm³/mol. The van der Waals surface area contributed by atoms with Crippen LogP contribution in [0.15, 0.2) is 0 Å². The Bertz CT molecular complexity index is 498. The van der Waals surface area contributed by atoms with Crippen LogP contribution in [0, 0.1) is 5.41 Å². The zero-order valence-corrected chi connectivity index (χ0v) is 13.1. The van der Waals surface area contributed by atoms with E-state index in [4.69, 9.17) is 5.73 Å². The Kier molecular flexibility index (Phi) is 4.06. The van der Waals surface area contributed by atoms with E-state index in [9.17, 15) is 4.79 Å². The maximum Gasteiger partial charge on any atom is 0.274 e. The quantitative estimate of drug-likeness (QED) is 0.922. The lowest BCUT2D eigenvalue weighted by atomic mass is 9.78. The Hall–Kier alpha value is -1.52. The van der Waals surface area contributed by atoms with Gasteiger partial charge < -0.3 is 10.6 Å². The highest BCUT2D eigenvalue weighted by Gasteiger charge is 2.32. The molecular formula is C15H26N4O. The van der Waals surface area contributed by atoms with Crippen LogP contribution >= 0.6 is 0 Å². The summed E-state index contributed by atoms with van der Waals surface area (Å²) in [5, 5.41) is 4.33. The van der Waals surface area contributed by atoms with Crippen LogP contribution in [-0.4, -0.2) is 33.7 Å². The van der Waals surface area contributed by atoms with Crippen molar-refractivity contribution in [1.29, 1.82) is 0 Å². The summed E-state index contributed by atoms with van der Waals surface area (Å²) < 4.78 is 1.63. The number of anilines is 1. The van der Waals surface area contributed by atoms with Gasteiger partial charge in [-0.25, -0.2) is 0 Å². The van der Waals surface area contributed by atoms with Crippen molar-refractivity contribution in [2.45, 2.75) is 46.5 Å². The predicted octanol–water partition coefficient (Wildman–Crippen LogP) is 2.22. The van der Waals surface area contributed by atoms with Crippen LogP contribution in [0.25, 0.3) is 0 Å². The van der Waals surface area contributed by atoms with Gasteiger partial charge in [0.25, 0.3) is 5.91 Å². The molecule has 0 saturated carbocycles. The molecule has 2 N–H and O–H groups in total. The highest BCUT2D eigenvalue weighted by molar-refractivity contribution is 5.98. The maximum absolute atomic E-state index is 12.7. The van der Waals surface area contributed by atoms with Crippen molar-refractivity contribution in [3.05, 3.63) is 11.4 Å². The molecule has 1 aliphatic rings. The number of hydrogen-bond donors (Lipinski definition) is 1. The molecule has 1 saturated heterocycles. The van der Waals surface area contributed by atoms with Crippen molar-refractivity contribution in [3.63, 3.8) is 0 Å². The summed E-state index contributed by atoms with van der Waals surface area (Å²) >= 11 is 0. The molecule has 0 aromatic carbocycles. The highest BCUT2D eigenvalue weighted by atomic mass is 16.2. The van der Waals surface area contributed by atoms with E-state index in [2.05, 4.69) is 18.9 Å². The van der Waals surface area contributed by atoms with Gasteiger partial charge in [0.05, 0.1) is 11.4 Å². The minimum Gasteiger partial charge on any atom is -0.395 e. The molecule has 0 radical (unpaired) electrons. The smallest absolute Gasteiger partial charge is 0.274 e. The van der Waals surface area contributed by atoms with Crippen molar-refractivity contribution in [2.75, 3.05) is 18.8 Å². The van der Waals surface area contributed by atoms with E-state index in [0.29, 0.717) is 16.8 Å². The first-order chi connectivity index (χ1) is 9.41. The fraction of sp³-hybridized carbons (Fsp3) is 0.733. The summed E-state index contributed by atoms with van der Waals surface area (Å²) in [6.07, 6.45) is 4.05. The zero-order chi connectivity index (χ0) is 14.9. The largest absolute Gasteiger partial charge is 0.395 e. The Morgan fingerprint density at radius 1 is 1.35 bits per heavy atom. The summed E-state index contributed by atoms with van der Waals surface area (Å²) in [6, 6.07) is 0. The lowest BCUT2D eigenvalue weighted by Gasteiger charge is -2.38. The average molecular weight is 278 g/mol. The molecule has 0 unspecified atom stereocenters. The van der Waals surface area contributed by atoms with Crippen LogP contribution in [0.4, 0.5) is 5.69 Å². The van der Waals surface area contributed by atoms with Crippen LogP contribution in [0.1, 0.15) is 56.2 Å². The van der Waals surface area contributed by atoms with E-state index < -0.39 is 0 Å². The fourth-order valence-corrected chi connectivity index (χ4v) is 2.86. The first-order valence-corrected chi connectivity index (χ1v) is 7.52. The summed E-state index contributed by atoms with van der Waals surface area (Å²) in [6.45, 7) is 8.16. The van der Waals surface area contributed by atoms with E-state index in [0.717, 1.165) is 38.0 Å². The molecule has 0 spiro atoms. The Morgan fingerprint density at radius 3 is 2.40 bits per heavy atom. The number of nitrogens with two attached hydrogens (primary N) is 1. The molecule has 112 valence electrons. The van der Waals surface area contributed by atoms with Crippen LogP contribution in [-0.2, 0) is 13.5 Å². The third-order valence-corrected chi connectivity index (χ3v) is 4.81. The molecule has 1 aliphatic heterocycles. The molecule has 5 nitrogen and oxygen atoms in total. The number of nitrogen functional groups attached to an aromatic ring is 1. The summed E-state index contributed by atoms with van der Waals surface area (Å²) in [5.74, 6) is 0.0235. The first-order valence-electron chi connectivity index (χ1n) is 7.52. The molecule has 1 aromatic heterocycles. The van der Waals surface area contributed by atoms with E-state index in [-0.39, 0.29) is 5.91 Å². The zero-order valence-electron chi connectivity index (χ0n) is 13.1. The van der Waals surface area contributed by atoms with Crippen LogP contribution in [0.5, 0.6) is 0 Å². The minimum absolute atomic E-state index is 0.0235. The molecule has 1 aromatic rings. The second kappa shape index (κ2) is 5.46. The Labute approximate surface area is 121 Å². The van der Waals surface area contributed by atoms with Gasteiger partial charge in [-0.15, -0.1) is 0 Å². The second-order valence-corrected chi connectivity index (χ2v) is 6.14. The van der Waals surface area contributed by atoms with Crippen LogP contribution in [0.3, 0.4) is 0 Å². The SMILES string of the molecule is CCc1nn(C)c(C(=O)N2CCC(C)(CC)CC2)c1N. The number of aromatic nitrogens is 2. The Balaban J connectivity index is 2.15. The summed E-state index contributed by atoms with van der Waals surface area (Å²) in [4.78, 5) is 14.6. The molecule has 2 heterocycles. The van der Waals surface area contributed by atoms with Gasteiger partial charge in [-0.2, -0.15) is 5.10 Å². The average Bonchev–Trinajstić information content (AvgIpc) is 2.73. The van der Waals surface area contributed by atoms with Crippen LogP contribution in [0.2, 0.25) is 0 Å². The third-order valence-electron chi connectivity index (χ3n) is 4.81. The third kappa shape index (κ3) is 2.53. The molecular weight excluding hydrogens is 252 g/mol. The van der Waals surface area contributed by atoms with Gasteiger partial charge in [-0.05, 0) is 24.7 Å². The van der Waals surface area contributed by atoms with Gasteiger partial charge in [-0.3, -0.25) is 9.48 Å². The van der Waals surface area contributed by atoms with E-state index in [1.54, 1.807) is 11.7 Å². The van der Waals surface area contributed by atoms with Crippen molar-refractivity contribution in [2.24, 2.45) is 12.5 Å². The van der Waals surface area contributed by atoms with Gasteiger partial charge in [0, 0.05) is 20.1 Å². The van der Waals surface area contributed by atoms with Crippen molar-refractivity contribution in [1.82, 2.24) is 14.7 Å². The number of nitrogens with zero attached hydrogens (tertiary/aromatic N) is 3. The van der Waals surface area contributed by atoms with E-state index in [1.165, 1.54) is 6.42 Å². The number of carbonyl (C=O) groups is 1. The normalized spacial score (nSPS) is 18.3. The number of likely N-dealkylation sites (tertiary alicyclic amines) is 1. The number of amides is 1.